The first-order chi connectivity index (χ1) is 5.54. The fourth-order valence-corrected chi connectivity index (χ4v) is 1.11. The van der Waals surface area contributed by atoms with E-state index in [9.17, 15) is 13.2 Å². The van der Waals surface area contributed by atoms with Gasteiger partial charge in [0.05, 0.1) is 0 Å². The van der Waals surface area contributed by atoms with Crippen LogP contribution in [0.4, 0.5) is 0 Å². The molecule has 0 fully saturated rings. The summed E-state index contributed by atoms with van der Waals surface area (Å²) < 4.78 is 22.0. The van der Waals surface area contributed by atoms with Gasteiger partial charge in [-0.2, -0.15) is 0 Å². The van der Waals surface area contributed by atoms with Crippen molar-refractivity contribution in [1.82, 2.24) is 5.32 Å². The molecule has 0 radical (unpaired) electrons. The van der Waals surface area contributed by atoms with E-state index in [0.29, 0.717) is 0 Å². The predicted molar refractivity (Wildman–Crippen MR) is 52.2 cm³/mol. The average Bonchev–Trinajstić information content (AvgIpc) is 1.79. The third-order valence-corrected chi connectivity index (χ3v) is 3.01. The van der Waals surface area contributed by atoms with Gasteiger partial charge in [-0.05, 0) is 27.7 Å². The smallest absolute Gasteiger partial charge is 0.238 e. The fourth-order valence-electron chi connectivity index (χ4n) is 0.666. The van der Waals surface area contributed by atoms with Crippen molar-refractivity contribution in [2.45, 2.75) is 38.5 Å². The second kappa shape index (κ2) is 3.65. The van der Waals surface area contributed by atoms with Crippen molar-refractivity contribution in [3.63, 3.8) is 0 Å². The van der Waals surface area contributed by atoms with Gasteiger partial charge in [0.15, 0.2) is 9.84 Å². The molecule has 0 spiro atoms. The minimum atomic E-state index is -3.29. The van der Waals surface area contributed by atoms with Crippen LogP contribution < -0.4 is 5.32 Å². The van der Waals surface area contributed by atoms with Gasteiger partial charge in [0.2, 0.25) is 5.91 Å². The topological polar surface area (TPSA) is 63.2 Å². The highest BCUT2D eigenvalue weighted by Gasteiger charge is 2.26. The summed E-state index contributed by atoms with van der Waals surface area (Å²) in [5.74, 6) is -0.449. The number of rotatable bonds is 2. The Morgan fingerprint density at radius 1 is 1.31 bits per heavy atom. The summed E-state index contributed by atoms with van der Waals surface area (Å²) in [6, 6.07) is 0. The van der Waals surface area contributed by atoms with Crippen molar-refractivity contribution in [3.8, 4) is 0 Å². The summed E-state index contributed by atoms with van der Waals surface area (Å²) in [6.07, 6.45) is 1.06. The Balaban J connectivity index is 4.48. The largest absolute Gasteiger partial charge is 0.350 e. The molecule has 1 N–H and O–H groups in total. The Hall–Kier alpha value is -0.580. The molecule has 0 aromatic carbocycles. The van der Waals surface area contributed by atoms with E-state index in [1.807, 2.05) is 0 Å². The van der Waals surface area contributed by atoms with Crippen LogP contribution in [0.2, 0.25) is 0 Å². The first kappa shape index (κ1) is 12.4. The SMILES string of the molecule is CC(C(=O)NC(C)(C)C)S(C)(=O)=O. The summed E-state index contributed by atoms with van der Waals surface area (Å²) in [7, 11) is -3.29. The van der Waals surface area contributed by atoms with Crippen LogP contribution in [0.1, 0.15) is 27.7 Å². The Labute approximate surface area is 79.6 Å². The maximum atomic E-state index is 11.3. The highest BCUT2D eigenvalue weighted by molar-refractivity contribution is 7.92. The second-order valence-corrected chi connectivity index (χ2v) is 6.58. The van der Waals surface area contributed by atoms with Crippen molar-refractivity contribution < 1.29 is 13.2 Å². The summed E-state index contributed by atoms with van der Waals surface area (Å²) in [4.78, 5) is 11.3. The van der Waals surface area contributed by atoms with Gasteiger partial charge in [-0.25, -0.2) is 8.42 Å². The molecular formula is C8H17NO3S. The van der Waals surface area contributed by atoms with Crippen LogP contribution >= 0.6 is 0 Å². The van der Waals surface area contributed by atoms with Gasteiger partial charge in [0.25, 0.3) is 0 Å². The monoisotopic (exact) mass is 207 g/mol. The van der Waals surface area contributed by atoms with E-state index < -0.39 is 26.5 Å². The Bertz CT molecular complexity index is 287. The molecule has 0 bridgehead atoms. The van der Waals surface area contributed by atoms with E-state index in [0.717, 1.165) is 6.26 Å². The van der Waals surface area contributed by atoms with Crippen LogP contribution in [0.25, 0.3) is 0 Å². The maximum Gasteiger partial charge on any atom is 0.238 e. The molecule has 4 nitrogen and oxygen atoms in total. The Kier molecular flexibility index (Phi) is 3.49. The molecule has 0 heterocycles. The van der Waals surface area contributed by atoms with Gasteiger partial charge < -0.3 is 5.32 Å². The van der Waals surface area contributed by atoms with E-state index >= 15 is 0 Å². The fraction of sp³-hybridized carbons (Fsp3) is 0.875. The number of hydrogen-bond donors (Lipinski definition) is 1. The van der Waals surface area contributed by atoms with Gasteiger partial charge in [-0.1, -0.05) is 0 Å². The second-order valence-electron chi connectivity index (χ2n) is 4.21. The van der Waals surface area contributed by atoms with Crippen LogP contribution in [-0.4, -0.2) is 31.4 Å². The molecule has 0 aliphatic heterocycles. The summed E-state index contributed by atoms with van der Waals surface area (Å²) in [6.45, 7) is 6.80. The van der Waals surface area contributed by atoms with Gasteiger partial charge in [-0.15, -0.1) is 0 Å². The lowest BCUT2D eigenvalue weighted by molar-refractivity contribution is -0.121. The van der Waals surface area contributed by atoms with Gasteiger partial charge >= 0.3 is 0 Å². The summed E-state index contributed by atoms with van der Waals surface area (Å²) in [5.41, 5.74) is -0.393. The Morgan fingerprint density at radius 2 is 1.69 bits per heavy atom. The molecule has 0 saturated heterocycles. The quantitative estimate of drug-likeness (QED) is 0.710. The summed E-state index contributed by atoms with van der Waals surface area (Å²) in [5, 5.41) is 1.63. The molecular weight excluding hydrogens is 190 g/mol. The first-order valence-corrected chi connectivity index (χ1v) is 6.00. The molecule has 0 aliphatic carbocycles. The van der Waals surface area contributed by atoms with Gasteiger partial charge in [0.1, 0.15) is 5.25 Å². The molecule has 1 amide bonds. The average molecular weight is 207 g/mol. The molecule has 0 rings (SSSR count). The molecule has 0 saturated carbocycles. The molecule has 5 heteroatoms. The lowest BCUT2D eigenvalue weighted by Gasteiger charge is -2.22. The van der Waals surface area contributed by atoms with Crippen LogP contribution in [0.3, 0.4) is 0 Å². The van der Waals surface area contributed by atoms with Crippen molar-refractivity contribution in [2.75, 3.05) is 6.26 Å². The number of hydrogen-bond acceptors (Lipinski definition) is 3. The molecule has 0 aliphatic rings. The standard InChI is InChI=1S/C8H17NO3S/c1-6(13(5,11)12)7(10)9-8(2,3)4/h6H,1-5H3,(H,9,10). The zero-order valence-electron chi connectivity index (χ0n) is 8.71. The minimum absolute atomic E-state index is 0.393. The number of nitrogens with one attached hydrogen (secondary N) is 1. The highest BCUT2D eigenvalue weighted by atomic mass is 32.2. The van der Waals surface area contributed by atoms with E-state index in [1.165, 1.54) is 6.92 Å². The van der Waals surface area contributed by atoms with E-state index in [2.05, 4.69) is 5.32 Å². The van der Waals surface area contributed by atoms with Crippen LogP contribution in [0.5, 0.6) is 0 Å². The molecule has 78 valence electrons. The predicted octanol–water partition coefficient (Wildman–Crippen LogP) is 0.334. The van der Waals surface area contributed by atoms with Crippen molar-refractivity contribution in [2.24, 2.45) is 0 Å². The van der Waals surface area contributed by atoms with Crippen LogP contribution in [0.15, 0.2) is 0 Å². The van der Waals surface area contributed by atoms with Crippen LogP contribution in [0, 0.1) is 0 Å². The van der Waals surface area contributed by atoms with Gasteiger partial charge in [0, 0.05) is 11.8 Å². The van der Waals surface area contributed by atoms with Gasteiger partial charge in [-0.3, -0.25) is 4.79 Å². The third kappa shape index (κ3) is 4.87. The minimum Gasteiger partial charge on any atom is -0.350 e. The number of sulfone groups is 1. The molecule has 0 aromatic heterocycles. The van der Waals surface area contributed by atoms with E-state index in [4.69, 9.17) is 0 Å². The molecule has 0 aromatic rings. The van der Waals surface area contributed by atoms with E-state index in [-0.39, 0.29) is 0 Å². The van der Waals surface area contributed by atoms with Crippen molar-refractivity contribution in [3.05, 3.63) is 0 Å². The Morgan fingerprint density at radius 3 is 1.92 bits per heavy atom. The third-order valence-electron chi connectivity index (χ3n) is 1.51. The van der Waals surface area contributed by atoms with Crippen molar-refractivity contribution >= 4 is 15.7 Å². The first-order valence-electron chi connectivity index (χ1n) is 4.05. The summed E-state index contributed by atoms with van der Waals surface area (Å²) >= 11 is 0. The molecule has 1 atom stereocenters. The number of carbonyl (C=O) groups is 1. The zero-order chi connectivity index (χ0) is 10.9. The van der Waals surface area contributed by atoms with Crippen LogP contribution in [-0.2, 0) is 14.6 Å². The number of carbonyl (C=O) groups excluding carboxylic acids is 1. The molecule has 1 unspecified atom stereocenters. The lowest BCUT2D eigenvalue weighted by atomic mass is 10.1. The molecule has 13 heavy (non-hydrogen) atoms. The zero-order valence-corrected chi connectivity index (χ0v) is 9.53. The highest BCUT2D eigenvalue weighted by Crippen LogP contribution is 2.03. The normalized spacial score (nSPS) is 15.2. The number of amides is 1. The van der Waals surface area contributed by atoms with Crippen molar-refractivity contribution in [1.29, 1.82) is 0 Å². The van der Waals surface area contributed by atoms with E-state index in [1.54, 1.807) is 20.8 Å². The lowest BCUT2D eigenvalue weighted by Crippen LogP contribution is -2.47. The maximum absolute atomic E-state index is 11.3.